The predicted molar refractivity (Wildman–Crippen MR) is 112 cm³/mol. The Morgan fingerprint density at radius 1 is 1.16 bits per heavy atom. The van der Waals surface area contributed by atoms with Gasteiger partial charge in [0.25, 0.3) is 0 Å². The molecule has 0 spiro atoms. The van der Waals surface area contributed by atoms with Gasteiger partial charge in [0.15, 0.2) is 18.1 Å². The number of nitrogens with one attached hydrogen (secondary N) is 1. The number of methoxy groups -OCH3 is 2. The SMILES string of the molecule is COc1ccc(-c2nc(CC(=O)NCc3cccnc3OCC(F)(F)F)cs2)cc1OC. The first-order valence-corrected chi connectivity index (χ1v) is 10.2. The first-order chi connectivity index (χ1) is 15.3. The molecule has 2 heterocycles. The van der Waals surface area contributed by atoms with Crippen molar-refractivity contribution in [2.75, 3.05) is 20.8 Å². The molecule has 7 nitrogen and oxygen atoms in total. The molecular formula is C21H20F3N3O4S. The van der Waals surface area contributed by atoms with Gasteiger partial charge in [-0.05, 0) is 24.3 Å². The highest BCUT2D eigenvalue weighted by Gasteiger charge is 2.29. The third-order valence-electron chi connectivity index (χ3n) is 4.22. The Kier molecular flexibility index (Phi) is 7.52. The van der Waals surface area contributed by atoms with Crippen molar-refractivity contribution in [2.45, 2.75) is 19.1 Å². The Bertz CT molecular complexity index is 1070. The van der Waals surface area contributed by atoms with E-state index in [1.807, 2.05) is 6.07 Å². The summed E-state index contributed by atoms with van der Waals surface area (Å²) in [5, 5.41) is 5.14. The quantitative estimate of drug-likeness (QED) is 0.512. The number of thiazole rings is 1. The summed E-state index contributed by atoms with van der Waals surface area (Å²) in [4.78, 5) is 20.6. The van der Waals surface area contributed by atoms with Gasteiger partial charge in [-0.3, -0.25) is 4.79 Å². The average molecular weight is 467 g/mol. The molecule has 1 N–H and O–H groups in total. The lowest BCUT2D eigenvalue weighted by Crippen LogP contribution is -2.26. The first-order valence-electron chi connectivity index (χ1n) is 9.36. The first kappa shape index (κ1) is 23.3. The smallest absolute Gasteiger partial charge is 0.422 e. The molecule has 0 radical (unpaired) electrons. The molecule has 0 aliphatic carbocycles. The summed E-state index contributed by atoms with van der Waals surface area (Å²) in [5.41, 5.74) is 1.73. The molecule has 32 heavy (non-hydrogen) atoms. The maximum atomic E-state index is 12.4. The van der Waals surface area contributed by atoms with Crippen molar-refractivity contribution in [3.05, 3.63) is 53.2 Å². The van der Waals surface area contributed by atoms with E-state index in [-0.39, 0.29) is 24.8 Å². The number of nitrogens with zero attached hydrogens (tertiary/aromatic N) is 2. The van der Waals surface area contributed by atoms with Crippen LogP contribution in [0.25, 0.3) is 10.6 Å². The van der Waals surface area contributed by atoms with Crippen LogP contribution in [0.5, 0.6) is 17.4 Å². The molecule has 0 fully saturated rings. The molecule has 0 atom stereocenters. The number of hydrogen-bond donors (Lipinski definition) is 1. The molecule has 0 bridgehead atoms. The maximum Gasteiger partial charge on any atom is 0.422 e. The molecule has 0 unspecified atom stereocenters. The summed E-state index contributed by atoms with van der Waals surface area (Å²) in [6, 6.07) is 8.50. The van der Waals surface area contributed by atoms with Crippen molar-refractivity contribution in [1.29, 1.82) is 0 Å². The Labute approximate surface area is 186 Å². The van der Waals surface area contributed by atoms with Gasteiger partial charge < -0.3 is 19.5 Å². The highest BCUT2D eigenvalue weighted by molar-refractivity contribution is 7.13. The van der Waals surface area contributed by atoms with E-state index in [2.05, 4.69) is 15.3 Å². The summed E-state index contributed by atoms with van der Waals surface area (Å²) in [6.45, 7) is -1.48. The van der Waals surface area contributed by atoms with E-state index in [1.54, 1.807) is 37.8 Å². The van der Waals surface area contributed by atoms with Crippen LogP contribution in [0.2, 0.25) is 0 Å². The molecule has 1 amide bonds. The molecular weight excluding hydrogens is 447 g/mol. The van der Waals surface area contributed by atoms with Crippen LogP contribution in [0.1, 0.15) is 11.3 Å². The molecule has 2 aromatic heterocycles. The fraction of sp³-hybridized carbons (Fsp3) is 0.286. The number of pyridine rings is 1. The number of hydrogen-bond acceptors (Lipinski definition) is 7. The van der Waals surface area contributed by atoms with E-state index in [9.17, 15) is 18.0 Å². The number of amides is 1. The van der Waals surface area contributed by atoms with E-state index in [0.29, 0.717) is 27.8 Å². The maximum absolute atomic E-state index is 12.4. The number of aromatic nitrogens is 2. The van der Waals surface area contributed by atoms with E-state index >= 15 is 0 Å². The van der Waals surface area contributed by atoms with Crippen LogP contribution in [0.15, 0.2) is 41.9 Å². The number of alkyl halides is 3. The van der Waals surface area contributed by atoms with Crippen molar-refractivity contribution in [3.8, 4) is 28.0 Å². The lowest BCUT2D eigenvalue weighted by Gasteiger charge is -2.12. The summed E-state index contributed by atoms with van der Waals surface area (Å²) < 4.78 is 52.4. The Morgan fingerprint density at radius 2 is 1.94 bits per heavy atom. The lowest BCUT2D eigenvalue weighted by molar-refractivity contribution is -0.154. The van der Waals surface area contributed by atoms with Crippen molar-refractivity contribution < 1.29 is 32.2 Å². The molecule has 3 aromatic rings. The van der Waals surface area contributed by atoms with Gasteiger partial charge in [-0.1, -0.05) is 6.07 Å². The Hall–Kier alpha value is -3.34. The zero-order valence-electron chi connectivity index (χ0n) is 17.2. The van der Waals surface area contributed by atoms with Gasteiger partial charge in [0, 0.05) is 29.2 Å². The van der Waals surface area contributed by atoms with Crippen molar-refractivity contribution in [2.24, 2.45) is 0 Å². The van der Waals surface area contributed by atoms with E-state index in [4.69, 9.17) is 14.2 Å². The van der Waals surface area contributed by atoms with Crippen LogP contribution >= 0.6 is 11.3 Å². The van der Waals surface area contributed by atoms with Gasteiger partial charge in [0.1, 0.15) is 5.01 Å². The third-order valence-corrected chi connectivity index (χ3v) is 5.16. The third kappa shape index (κ3) is 6.33. The molecule has 0 aliphatic heterocycles. The number of carbonyl (C=O) groups is 1. The summed E-state index contributed by atoms with van der Waals surface area (Å²) in [7, 11) is 3.09. The summed E-state index contributed by atoms with van der Waals surface area (Å²) in [6.07, 6.45) is -3.14. The van der Waals surface area contributed by atoms with Gasteiger partial charge in [0.2, 0.25) is 11.8 Å². The number of benzene rings is 1. The van der Waals surface area contributed by atoms with E-state index < -0.39 is 12.8 Å². The molecule has 0 saturated carbocycles. The topological polar surface area (TPSA) is 82.6 Å². The zero-order chi connectivity index (χ0) is 23.1. The van der Waals surface area contributed by atoms with Crippen LogP contribution in [0, 0.1) is 0 Å². The molecule has 1 aromatic carbocycles. The zero-order valence-corrected chi connectivity index (χ0v) is 18.0. The van der Waals surface area contributed by atoms with Crippen LogP contribution in [-0.2, 0) is 17.8 Å². The predicted octanol–water partition coefficient (Wildman–Crippen LogP) is 4.02. The number of ether oxygens (including phenoxy) is 3. The van der Waals surface area contributed by atoms with Crippen LogP contribution in [0.3, 0.4) is 0 Å². The van der Waals surface area contributed by atoms with Crippen molar-refractivity contribution in [1.82, 2.24) is 15.3 Å². The van der Waals surface area contributed by atoms with Crippen LogP contribution in [-0.4, -0.2) is 42.9 Å². The minimum Gasteiger partial charge on any atom is -0.493 e. The largest absolute Gasteiger partial charge is 0.493 e. The van der Waals surface area contributed by atoms with E-state index in [1.165, 1.54) is 23.6 Å². The molecule has 0 saturated heterocycles. The normalized spacial score (nSPS) is 11.2. The van der Waals surface area contributed by atoms with Crippen molar-refractivity contribution in [3.63, 3.8) is 0 Å². The molecule has 170 valence electrons. The highest BCUT2D eigenvalue weighted by atomic mass is 32.1. The second-order valence-electron chi connectivity index (χ2n) is 6.54. The van der Waals surface area contributed by atoms with Gasteiger partial charge in [-0.2, -0.15) is 13.2 Å². The average Bonchev–Trinajstić information content (AvgIpc) is 3.24. The Morgan fingerprint density at radius 3 is 2.66 bits per heavy atom. The monoisotopic (exact) mass is 467 g/mol. The van der Waals surface area contributed by atoms with Gasteiger partial charge >= 0.3 is 6.18 Å². The molecule has 11 heteroatoms. The molecule has 0 aliphatic rings. The fourth-order valence-electron chi connectivity index (χ4n) is 2.75. The molecule has 3 rings (SSSR count). The minimum absolute atomic E-state index is 0.0167. The van der Waals surface area contributed by atoms with Gasteiger partial charge in [-0.25, -0.2) is 9.97 Å². The summed E-state index contributed by atoms with van der Waals surface area (Å²) in [5.74, 6) is 0.662. The van der Waals surface area contributed by atoms with Gasteiger partial charge in [-0.15, -0.1) is 11.3 Å². The Balaban J connectivity index is 1.60. The highest BCUT2D eigenvalue weighted by Crippen LogP contribution is 2.33. The number of carbonyl (C=O) groups excluding carboxylic acids is 1. The second-order valence-corrected chi connectivity index (χ2v) is 7.40. The number of halogens is 3. The lowest BCUT2D eigenvalue weighted by atomic mass is 10.2. The van der Waals surface area contributed by atoms with Crippen LogP contribution < -0.4 is 19.5 Å². The second kappa shape index (κ2) is 10.3. The van der Waals surface area contributed by atoms with Crippen molar-refractivity contribution >= 4 is 17.2 Å². The van der Waals surface area contributed by atoms with Crippen LogP contribution in [0.4, 0.5) is 13.2 Å². The fourth-order valence-corrected chi connectivity index (χ4v) is 3.57. The minimum atomic E-state index is -4.48. The summed E-state index contributed by atoms with van der Waals surface area (Å²) >= 11 is 1.38. The number of rotatable bonds is 9. The standard InChI is InChI=1S/C21H20F3N3O4S/c1-29-16-6-5-13(8-17(16)30-2)20-27-15(11-32-20)9-18(28)26-10-14-4-3-7-25-19(14)31-12-21(22,23)24/h3-8,11H,9-10,12H2,1-2H3,(H,26,28). The van der Waals surface area contributed by atoms with E-state index in [0.717, 1.165) is 5.56 Å². The van der Waals surface area contributed by atoms with Gasteiger partial charge in [0.05, 0.1) is 26.3 Å².